The molecule has 2 rings (SSSR count). The third kappa shape index (κ3) is 4.97. The van der Waals surface area contributed by atoms with Gasteiger partial charge in [-0.05, 0) is 17.7 Å². The number of thioether (sulfide) groups is 1. The molecule has 1 N–H and O–H groups in total. The van der Waals surface area contributed by atoms with Crippen molar-refractivity contribution < 1.29 is 9.84 Å². The van der Waals surface area contributed by atoms with Crippen molar-refractivity contribution in [3.63, 3.8) is 0 Å². The molecular weight excluding hydrogens is 256 g/mol. The zero-order valence-electron chi connectivity index (χ0n) is 10.7. The highest BCUT2D eigenvalue weighted by Crippen LogP contribution is 2.18. The first-order valence-electron chi connectivity index (χ1n) is 6.35. The molecule has 0 saturated carbocycles. The van der Waals surface area contributed by atoms with Crippen molar-refractivity contribution in [2.45, 2.75) is 6.10 Å². The average Bonchev–Trinajstić information content (AvgIpc) is 2.49. The molecule has 0 aromatic heterocycles. The number of hydrogen-bond acceptors (Lipinski definition) is 3. The maximum absolute atomic E-state index is 9.98. The van der Waals surface area contributed by atoms with E-state index >= 15 is 0 Å². The highest BCUT2D eigenvalue weighted by molar-refractivity contribution is 7.99. The summed E-state index contributed by atoms with van der Waals surface area (Å²) in [6.45, 7) is 0.663. The molecule has 0 aliphatic carbocycles. The van der Waals surface area contributed by atoms with E-state index in [4.69, 9.17) is 4.74 Å². The van der Waals surface area contributed by atoms with E-state index in [1.54, 1.807) is 11.8 Å². The van der Waals surface area contributed by atoms with Crippen molar-refractivity contribution in [3.05, 3.63) is 66.2 Å². The molecule has 3 heteroatoms. The van der Waals surface area contributed by atoms with Crippen LogP contribution in [0.3, 0.4) is 0 Å². The van der Waals surface area contributed by atoms with Gasteiger partial charge in [0.1, 0.15) is 5.75 Å². The predicted octanol–water partition coefficient (Wildman–Crippen LogP) is 3.53. The molecule has 2 aromatic carbocycles. The summed E-state index contributed by atoms with van der Waals surface area (Å²) in [6, 6.07) is 19.5. The van der Waals surface area contributed by atoms with Crippen molar-refractivity contribution in [1.82, 2.24) is 0 Å². The van der Waals surface area contributed by atoms with Gasteiger partial charge in [0, 0.05) is 11.5 Å². The summed E-state index contributed by atoms with van der Waals surface area (Å²) in [6.07, 6.45) is -0.400. The van der Waals surface area contributed by atoms with E-state index < -0.39 is 6.10 Å². The van der Waals surface area contributed by atoms with Gasteiger partial charge in [-0.3, -0.25) is 0 Å². The maximum atomic E-state index is 9.98. The Kier molecular flexibility index (Phi) is 5.79. The normalized spacial score (nSPS) is 12.1. The molecule has 1 unspecified atom stereocenters. The van der Waals surface area contributed by atoms with Gasteiger partial charge in [0.15, 0.2) is 0 Å². The zero-order valence-corrected chi connectivity index (χ0v) is 11.6. The first-order valence-corrected chi connectivity index (χ1v) is 7.50. The summed E-state index contributed by atoms with van der Waals surface area (Å²) in [7, 11) is 0. The first kappa shape index (κ1) is 14.0. The van der Waals surface area contributed by atoms with E-state index in [9.17, 15) is 5.11 Å². The van der Waals surface area contributed by atoms with Crippen molar-refractivity contribution in [2.75, 3.05) is 18.1 Å². The molecule has 0 fully saturated rings. The second-order valence-electron chi connectivity index (χ2n) is 4.16. The SMILES string of the molecule is OC(CSCCOc1ccccc1)c1ccccc1. The zero-order chi connectivity index (χ0) is 13.3. The molecule has 19 heavy (non-hydrogen) atoms. The van der Waals surface area contributed by atoms with Crippen LogP contribution in [0.1, 0.15) is 11.7 Å². The largest absolute Gasteiger partial charge is 0.493 e. The molecule has 100 valence electrons. The highest BCUT2D eigenvalue weighted by Gasteiger charge is 2.06. The molecule has 0 heterocycles. The minimum Gasteiger partial charge on any atom is -0.493 e. The van der Waals surface area contributed by atoms with Crippen molar-refractivity contribution in [2.24, 2.45) is 0 Å². The topological polar surface area (TPSA) is 29.5 Å². The van der Waals surface area contributed by atoms with Crippen molar-refractivity contribution >= 4 is 11.8 Å². The highest BCUT2D eigenvalue weighted by atomic mass is 32.2. The van der Waals surface area contributed by atoms with Gasteiger partial charge < -0.3 is 9.84 Å². The Balaban J connectivity index is 1.62. The Bertz CT molecular complexity index is 459. The summed E-state index contributed by atoms with van der Waals surface area (Å²) >= 11 is 1.70. The quantitative estimate of drug-likeness (QED) is 0.783. The fraction of sp³-hybridized carbons (Fsp3) is 0.250. The van der Waals surface area contributed by atoms with Crippen LogP contribution in [-0.2, 0) is 0 Å². The predicted molar refractivity (Wildman–Crippen MR) is 80.7 cm³/mol. The second-order valence-corrected chi connectivity index (χ2v) is 5.31. The third-order valence-electron chi connectivity index (χ3n) is 2.70. The molecule has 1 atom stereocenters. The monoisotopic (exact) mass is 274 g/mol. The lowest BCUT2D eigenvalue weighted by Gasteiger charge is -2.10. The lowest BCUT2D eigenvalue weighted by molar-refractivity contribution is 0.204. The van der Waals surface area contributed by atoms with Crippen LogP contribution in [-0.4, -0.2) is 23.2 Å². The Morgan fingerprint density at radius 3 is 2.26 bits per heavy atom. The Hall–Kier alpha value is -1.45. The average molecular weight is 274 g/mol. The van der Waals surface area contributed by atoms with Gasteiger partial charge in [-0.1, -0.05) is 48.5 Å². The van der Waals surface area contributed by atoms with Crippen LogP contribution in [0.25, 0.3) is 0 Å². The van der Waals surface area contributed by atoms with E-state index in [2.05, 4.69) is 0 Å². The van der Waals surface area contributed by atoms with E-state index in [0.29, 0.717) is 12.4 Å². The molecule has 0 saturated heterocycles. The molecule has 0 aliphatic rings. The Morgan fingerprint density at radius 2 is 1.58 bits per heavy atom. The molecule has 2 aromatic rings. The molecule has 0 aliphatic heterocycles. The smallest absolute Gasteiger partial charge is 0.119 e. The molecule has 0 bridgehead atoms. The van der Waals surface area contributed by atoms with Crippen LogP contribution in [0.4, 0.5) is 0 Å². The second kappa shape index (κ2) is 7.87. The summed E-state index contributed by atoms with van der Waals surface area (Å²) in [4.78, 5) is 0. The van der Waals surface area contributed by atoms with Gasteiger partial charge in [0.05, 0.1) is 12.7 Å². The lowest BCUT2D eigenvalue weighted by Crippen LogP contribution is -2.04. The number of hydrogen-bond donors (Lipinski definition) is 1. The van der Waals surface area contributed by atoms with Gasteiger partial charge in [-0.25, -0.2) is 0 Å². The van der Waals surface area contributed by atoms with Gasteiger partial charge in [-0.15, -0.1) is 0 Å². The maximum Gasteiger partial charge on any atom is 0.119 e. The number of ether oxygens (including phenoxy) is 1. The number of rotatable bonds is 7. The molecule has 0 radical (unpaired) electrons. The minimum absolute atomic E-state index is 0.400. The fourth-order valence-electron chi connectivity index (χ4n) is 1.70. The van der Waals surface area contributed by atoms with Crippen LogP contribution in [0.5, 0.6) is 5.75 Å². The number of benzene rings is 2. The standard InChI is InChI=1S/C16H18O2S/c17-16(14-7-3-1-4-8-14)13-19-12-11-18-15-9-5-2-6-10-15/h1-10,16-17H,11-13H2. The number of aliphatic hydroxyl groups is 1. The lowest BCUT2D eigenvalue weighted by atomic mass is 10.1. The van der Waals surface area contributed by atoms with Crippen LogP contribution < -0.4 is 4.74 Å². The third-order valence-corrected chi connectivity index (χ3v) is 3.71. The summed E-state index contributed by atoms with van der Waals surface area (Å²) in [5.74, 6) is 2.47. The van der Waals surface area contributed by atoms with E-state index in [0.717, 1.165) is 17.1 Å². The molecule has 0 amide bonds. The Labute approximate surface area is 118 Å². The Morgan fingerprint density at radius 1 is 0.947 bits per heavy atom. The van der Waals surface area contributed by atoms with Crippen LogP contribution in [0.2, 0.25) is 0 Å². The summed E-state index contributed by atoms with van der Waals surface area (Å²) < 4.78 is 5.59. The fourth-order valence-corrected chi connectivity index (χ4v) is 2.49. The number of aliphatic hydroxyl groups excluding tert-OH is 1. The van der Waals surface area contributed by atoms with Gasteiger partial charge in [0.2, 0.25) is 0 Å². The van der Waals surface area contributed by atoms with Crippen molar-refractivity contribution in [1.29, 1.82) is 0 Å². The molecular formula is C16H18O2S. The van der Waals surface area contributed by atoms with Crippen LogP contribution >= 0.6 is 11.8 Å². The molecule has 0 spiro atoms. The number of para-hydroxylation sites is 1. The minimum atomic E-state index is -0.400. The van der Waals surface area contributed by atoms with Crippen LogP contribution in [0.15, 0.2) is 60.7 Å². The molecule has 2 nitrogen and oxygen atoms in total. The summed E-state index contributed by atoms with van der Waals surface area (Å²) in [5.41, 5.74) is 0.971. The van der Waals surface area contributed by atoms with Gasteiger partial charge in [0.25, 0.3) is 0 Å². The van der Waals surface area contributed by atoms with Crippen LogP contribution in [0, 0.1) is 0 Å². The van der Waals surface area contributed by atoms with E-state index in [-0.39, 0.29) is 0 Å². The van der Waals surface area contributed by atoms with Gasteiger partial charge >= 0.3 is 0 Å². The first-order chi connectivity index (χ1) is 9.36. The summed E-state index contributed by atoms with van der Waals surface area (Å²) in [5, 5.41) is 9.98. The van der Waals surface area contributed by atoms with Crippen molar-refractivity contribution in [3.8, 4) is 5.75 Å². The van der Waals surface area contributed by atoms with E-state index in [1.165, 1.54) is 0 Å². The van der Waals surface area contributed by atoms with Gasteiger partial charge in [-0.2, -0.15) is 11.8 Å². The van der Waals surface area contributed by atoms with E-state index in [1.807, 2.05) is 60.7 Å².